The quantitative estimate of drug-likeness (QED) is 0.244. The van der Waals surface area contributed by atoms with E-state index < -0.39 is 0 Å². The highest BCUT2D eigenvalue weighted by Gasteiger charge is 2.30. The molecule has 0 amide bonds. The van der Waals surface area contributed by atoms with Crippen LogP contribution in [0.15, 0.2) is 29.3 Å². The number of fused-ring (bicyclic) bond motifs is 1. The summed E-state index contributed by atoms with van der Waals surface area (Å²) < 4.78 is 16.6. The van der Waals surface area contributed by atoms with E-state index in [4.69, 9.17) is 24.2 Å². The lowest BCUT2D eigenvalue weighted by Crippen LogP contribution is -2.33. The topological polar surface area (TPSA) is 70.5 Å². The van der Waals surface area contributed by atoms with Crippen LogP contribution in [0, 0.1) is 0 Å². The smallest absolute Gasteiger partial charge is 0.316 e. The second kappa shape index (κ2) is 10.3. The van der Waals surface area contributed by atoms with Crippen molar-refractivity contribution < 1.29 is 19.0 Å². The Kier molecular flexibility index (Phi) is 7.72. The summed E-state index contributed by atoms with van der Waals surface area (Å²) in [6.07, 6.45) is 3.77. The largest absolute Gasteiger partial charge is 0.497 e. The Morgan fingerprint density at radius 3 is 2.67 bits per heavy atom. The number of ether oxygens (including phenoxy) is 3. The van der Waals surface area contributed by atoms with Gasteiger partial charge in [0.05, 0.1) is 37.4 Å². The molecule has 6 nitrogen and oxygen atoms in total. The van der Waals surface area contributed by atoms with Crippen LogP contribution in [0.3, 0.4) is 0 Å². The highest BCUT2D eigenvalue weighted by atomic mass is 32.2. The Bertz CT molecular complexity index is 868. The van der Waals surface area contributed by atoms with E-state index in [0.717, 1.165) is 46.9 Å². The molecule has 7 heteroatoms. The summed E-state index contributed by atoms with van der Waals surface area (Å²) in [5.74, 6) is 1.44. The number of rotatable bonds is 9. The van der Waals surface area contributed by atoms with E-state index in [1.165, 1.54) is 11.8 Å². The van der Waals surface area contributed by atoms with Gasteiger partial charge in [-0.2, -0.15) is 0 Å². The third-order valence-corrected chi connectivity index (χ3v) is 5.93. The number of hydrogen-bond acceptors (Lipinski definition) is 7. The van der Waals surface area contributed by atoms with Crippen molar-refractivity contribution in [2.24, 2.45) is 0 Å². The molecule has 0 saturated heterocycles. The van der Waals surface area contributed by atoms with Crippen LogP contribution >= 0.6 is 11.8 Å². The third-order valence-electron chi connectivity index (χ3n) is 4.94. The molecule has 0 bridgehead atoms. The highest BCUT2D eigenvalue weighted by molar-refractivity contribution is 7.99. The maximum atomic E-state index is 12.1. The number of benzene rings is 1. The van der Waals surface area contributed by atoms with Crippen LogP contribution in [0.25, 0.3) is 11.4 Å². The summed E-state index contributed by atoms with van der Waals surface area (Å²) in [4.78, 5) is 21.7. The van der Waals surface area contributed by atoms with Gasteiger partial charge in [-0.15, -0.1) is 0 Å². The van der Waals surface area contributed by atoms with Crippen LogP contribution in [-0.2, 0) is 27.3 Å². The van der Waals surface area contributed by atoms with Gasteiger partial charge in [0, 0.05) is 17.5 Å². The van der Waals surface area contributed by atoms with Crippen LogP contribution in [-0.4, -0.2) is 41.0 Å². The van der Waals surface area contributed by atoms with Crippen molar-refractivity contribution in [2.75, 3.05) is 19.5 Å². The van der Waals surface area contributed by atoms with Gasteiger partial charge in [0.2, 0.25) is 0 Å². The molecule has 0 saturated carbocycles. The van der Waals surface area contributed by atoms with Gasteiger partial charge in [0.25, 0.3) is 0 Å². The van der Waals surface area contributed by atoms with E-state index in [2.05, 4.69) is 20.8 Å². The zero-order chi connectivity index (χ0) is 21.6. The molecule has 0 spiro atoms. The molecule has 1 aliphatic rings. The van der Waals surface area contributed by atoms with Gasteiger partial charge in [-0.3, -0.25) is 4.79 Å². The summed E-state index contributed by atoms with van der Waals surface area (Å²) in [7, 11) is 1.64. The zero-order valence-electron chi connectivity index (χ0n) is 18.2. The number of esters is 1. The van der Waals surface area contributed by atoms with Gasteiger partial charge in [0.15, 0.2) is 5.82 Å². The lowest BCUT2D eigenvalue weighted by atomic mass is 9.96. The number of unbranched alkanes of at least 4 members (excludes halogenated alkanes) is 2. The Labute approximate surface area is 182 Å². The summed E-state index contributed by atoms with van der Waals surface area (Å²) in [5.41, 5.74) is 2.58. The third kappa shape index (κ3) is 5.95. The fourth-order valence-electron chi connectivity index (χ4n) is 3.22. The fraction of sp³-hybridized carbons (Fsp3) is 0.522. The summed E-state index contributed by atoms with van der Waals surface area (Å²) in [6, 6.07) is 7.68. The Morgan fingerprint density at radius 1 is 1.20 bits per heavy atom. The second-order valence-corrected chi connectivity index (χ2v) is 8.91. The monoisotopic (exact) mass is 430 g/mol. The highest BCUT2D eigenvalue weighted by Crippen LogP contribution is 2.34. The second-order valence-electron chi connectivity index (χ2n) is 7.95. The predicted octanol–water partition coefficient (Wildman–Crippen LogP) is 4.83. The first-order chi connectivity index (χ1) is 14.4. The molecule has 0 aliphatic carbocycles. The molecular formula is C23H30N2O4S. The van der Waals surface area contributed by atoms with E-state index >= 15 is 0 Å². The molecule has 1 aliphatic heterocycles. The van der Waals surface area contributed by atoms with Crippen LogP contribution < -0.4 is 4.74 Å². The molecule has 1 aromatic heterocycles. The molecule has 30 heavy (non-hydrogen) atoms. The zero-order valence-corrected chi connectivity index (χ0v) is 19.0. The van der Waals surface area contributed by atoms with Crippen molar-refractivity contribution in [2.45, 2.75) is 63.7 Å². The van der Waals surface area contributed by atoms with Gasteiger partial charge in [-0.05, 0) is 44.5 Å². The Balaban J connectivity index is 1.81. The fourth-order valence-corrected chi connectivity index (χ4v) is 4.06. The maximum Gasteiger partial charge on any atom is 0.316 e. The normalized spacial score (nSPS) is 14.8. The number of methoxy groups -OCH3 is 1. The van der Waals surface area contributed by atoms with Gasteiger partial charge in [-0.25, -0.2) is 9.97 Å². The van der Waals surface area contributed by atoms with Crippen LogP contribution in [0.1, 0.15) is 51.3 Å². The number of nitrogens with zero attached hydrogens (tertiary/aromatic N) is 2. The number of aromatic nitrogens is 2. The van der Waals surface area contributed by atoms with Crippen LogP contribution in [0.2, 0.25) is 0 Å². The van der Waals surface area contributed by atoms with Gasteiger partial charge in [-0.1, -0.05) is 31.5 Å². The van der Waals surface area contributed by atoms with E-state index in [1.54, 1.807) is 7.11 Å². The SMILES string of the molecule is CCCCCOC(=O)CSc1nc(-c2ccc(OC)cc2)nc2c1COC(C)(C)C2. The van der Waals surface area contributed by atoms with Gasteiger partial charge < -0.3 is 14.2 Å². The van der Waals surface area contributed by atoms with E-state index in [9.17, 15) is 4.79 Å². The Morgan fingerprint density at radius 2 is 1.97 bits per heavy atom. The number of carbonyl (C=O) groups excluding carboxylic acids is 1. The molecule has 0 N–H and O–H groups in total. The first-order valence-electron chi connectivity index (χ1n) is 10.4. The van der Waals surface area contributed by atoms with Crippen molar-refractivity contribution in [1.82, 2.24) is 9.97 Å². The minimum absolute atomic E-state index is 0.216. The van der Waals surface area contributed by atoms with E-state index in [1.807, 2.05) is 24.3 Å². The van der Waals surface area contributed by atoms with Crippen molar-refractivity contribution in [1.29, 1.82) is 0 Å². The molecule has 2 aromatic rings. The summed E-state index contributed by atoms with van der Waals surface area (Å²) in [5, 5.41) is 0.784. The molecule has 0 radical (unpaired) electrons. The van der Waals surface area contributed by atoms with E-state index in [-0.39, 0.29) is 17.3 Å². The number of thioether (sulfide) groups is 1. The predicted molar refractivity (Wildman–Crippen MR) is 118 cm³/mol. The van der Waals surface area contributed by atoms with Crippen molar-refractivity contribution in [3.8, 4) is 17.1 Å². The molecule has 3 rings (SSSR count). The first-order valence-corrected chi connectivity index (χ1v) is 11.4. The van der Waals surface area contributed by atoms with Gasteiger partial charge >= 0.3 is 5.97 Å². The molecule has 162 valence electrons. The molecule has 2 heterocycles. The minimum atomic E-state index is -0.279. The van der Waals surface area contributed by atoms with Gasteiger partial charge in [0.1, 0.15) is 10.8 Å². The molecular weight excluding hydrogens is 400 g/mol. The number of carbonyl (C=O) groups is 1. The minimum Gasteiger partial charge on any atom is -0.497 e. The molecule has 0 unspecified atom stereocenters. The lowest BCUT2D eigenvalue weighted by molar-refractivity contribution is -0.140. The summed E-state index contributed by atoms with van der Waals surface area (Å²) in [6.45, 7) is 7.17. The standard InChI is InChI=1S/C23H30N2O4S/c1-5-6-7-12-28-20(26)15-30-22-18-14-29-23(2,3)13-19(18)24-21(25-22)16-8-10-17(27-4)11-9-16/h8-11H,5-7,12-15H2,1-4H3. The molecule has 1 aromatic carbocycles. The average Bonchev–Trinajstić information content (AvgIpc) is 2.74. The molecule has 0 atom stereocenters. The van der Waals surface area contributed by atoms with Crippen molar-refractivity contribution in [3.05, 3.63) is 35.5 Å². The average molecular weight is 431 g/mol. The maximum absolute atomic E-state index is 12.1. The van der Waals surface area contributed by atoms with Crippen molar-refractivity contribution >= 4 is 17.7 Å². The van der Waals surface area contributed by atoms with E-state index in [0.29, 0.717) is 25.5 Å². The van der Waals surface area contributed by atoms with Crippen molar-refractivity contribution in [3.63, 3.8) is 0 Å². The van der Waals surface area contributed by atoms with Crippen LogP contribution in [0.4, 0.5) is 0 Å². The first kappa shape index (κ1) is 22.6. The lowest BCUT2D eigenvalue weighted by Gasteiger charge is -2.32. The summed E-state index contributed by atoms with van der Waals surface area (Å²) >= 11 is 1.39. The molecule has 0 fully saturated rings. The number of hydrogen-bond donors (Lipinski definition) is 0. The Hall–Kier alpha value is -2.12. The van der Waals surface area contributed by atoms with Crippen LogP contribution in [0.5, 0.6) is 5.75 Å².